The van der Waals surface area contributed by atoms with E-state index in [0.29, 0.717) is 6.54 Å². The molecule has 0 bridgehead atoms. The fourth-order valence-electron chi connectivity index (χ4n) is 2.79. The minimum absolute atomic E-state index is 0.160. The van der Waals surface area contributed by atoms with Crippen LogP contribution in [0.3, 0.4) is 0 Å². The molecule has 0 spiro atoms. The molecule has 0 radical (unpaired) electrons. The summed E-state index contributed by atoms with van der Waals surface area (Å²) in [5.41, 5.74) is 1.98. The molecule has 1 aromatic carbocycles. The van der Waals surface area contributed by atoms with Gasteiger partial charge in [0.15, 0.2) is 0 Å². The van der Waals surface area contributed by atoms with E-state index in [1.165, 1.54) is 0 Å². The van der Waals surface area contributed by atoms with Crippen molar-refractivity contribution < 1.29 is 9.53 Å². The van der Waals surface area contributed by atoms with E-state index in [2.05, 4.69) is 28.2 Å². The summed E-state index contributed by atoms with van der Waals surface area (Å²) in [5.74, 6) is 0. The minimum atomic E-state index is -0.176. The second-order valence-corrected chi connectivity index (χ2v) is 5.32. The molecule has 3 rings (SSSR count). The first-order valence-electron chi connectivity index (χ1n) is 7.52. The first kappa shape index (κ1) is 13.9. The zero-order chi connectivity index (χ0) is 14.7. The number of hydrogen-bond acceptors (Lipinski definition) is 2. The van der Waals surface area contributed by atoms with Crippen molar-refractivity contribution in [2.24, 2.45) is 0 Å². The molecule has 0 aliphatic carbocycles. The molecule has 2 amide bonds. The zero-order valence-corrected chi connectivity index (χ0v) is 12.3. The molecule has 2 N–H and O–H groups in total. The smallest absolute Gasteiger partial charge is 0.319 e. The number of rotatable bonds is 4. The molecule has 112 valence electrons. The van der Waals surface area contributed by atoms with Crippen molar-refractivity contribution >= 4 is 22.6 Å². The van der Waals surface area contributed by atoms with Crippen molar-refractivity contribution in [3.8, 4) is 0 Å². The number of urea groups is 1. The van der Waals surface area contributed by atoms with Crippen LogP contribution >= 0.6 is 0 Å². The maximum Gasteiger partial charge on any atom is 0.319 e. The van der Waals surface area contributed by atoms with Gasteiger partial charge in [-0.25, -0.2) is 4.79 Å². The second-order valence-electron chi connectivity index (χ2n) is 5.32. The minimum Gasteiger partial charge on any atom is -0.376 e. The average Bonchev–Trinajstić information content (AvgIpc) is 3.13. The van der Waals surface area contributed by atoms with Gasteiger partial charge in [0.2, 0.25) is 0 Å². The first-order chi connectivity index (χ1) is 10.3. The number of nitrogens with zero attached hydrogens (tertiary/aromatic N) is 1. The number of hydrogen-bond donors (Lipinski definition) is 2. The molecule has 21 heavy (non-hydrogen) atoms. The fourth-order valence-corrected chi connectivity index (χ4v) is 2.79. The molecule has 1 saturated heterocycles. The van der Waals surface area contributed by atoms with Crippen molar-refractivity contribution in [3.63, 3.8) is 0 Å². The number of carbonyl (C=O) groups is 1. The lowest BCUT2D eigenvalue weighted by Crippen LogP contribution is -2.34. The maximum atomic E-state index is 12.0. The molecule has 1 fully saturated rings. The van der Waals surface area contributed by atoms with Gasteiger partial charge in [-0.05, 0) is 25.8 Å². The van der Waals surface area contributed by atoms with Crippen LogP contribution in [0.25, 0.3) is 10.9 Å². The van der Waals surface area contributed by atoms with E-state index in [9.17, 15) is 4.79 Å². The second kappa shape index (κ2) is 6.18. The van der Waals surface area contributed by atoms with Gasteiger partial charge in [-0.2, -0.15) is 0 Å². The Bertz CT molecular complexity index is 629. The van der Waals surface area contributed by atoms with Gasteiger partial charge in [0.1, 0.15) is 0 Å². The third-order valence-corrected chi connectivity index (χ3v) is 3.89. The van der Waals surface area contributed by atoms with E-state index in [-0.39, 0.29) is 12.1 Å². The molecular weight excluding hydrogens is 266 g/mol. The van der Waals surface area contributed by atoms with Crippen molar-refractivity contribution in [1.82, 2.24) is 9.88 Å². The first-order valence-corrected chi connectivity index (χ1v) is 7.52. The molecule has 5 nitrogen and oxygen atoms in total. The standard InChI is InChI=1S/C16H21N3O2/c1-2-19-11-14(13-7-3-4-8-15(13)19)18-16(20)17-10-12-6-5-9-21-12/h3-4,7-8,11-12H,2,5-6,9-10H2,1H3,(H2,17,18,20). The van der Waals surface area contributed by atoms with Crippen LogP contribution in [-0.4, -0.2) is 29.9 Å². The molecule has 1 aliphatic heterocycles. The number of nitrogens with one attached hydrogen (secondary N) is 2. The summed E-state index contributed by atoms with van der Waals surface area (Å²) in [6, 6.07) is 7.91. The number of amides is 2. The van der Waals surface area contributed by atoms with E-state index < -0.39 is 0 Å². The Balaban J connectivity index is 1.67. The number of aryl methyl sites for hydroxylation is 1. The van der Waals surface area contributed by atoms with E-state index in [1.807, 2.05) is 24.4 Å². The monoisotopic (exact) mass is 287 g/mol. The van der Waals surface area contributed by atoms with Gasteiger partial charge in [0.25, 0.3) is 0 Å². The molecule has 1 unspecified atom stereocenters. The summed E-state index contributed by atoms with van der Waals surface area (Å²) in [6.45, 7) is 4.34. The number of aromatic nitrogens is 1. The highest BCUT2D eigenvalue weighted by molar-refractivity contribution is 6.01. The number of para-hydroxylation sites is 1. The Morgan fingerprint density at radius 2 is 2.29 bits per heavy atom. The highest BCUT2D eigenvalue weighted by Gasteiger charge is 2.16. The van der Waals surface area contributed by atoms with Gasteiger partial charge in [0.05, 0.1) is 17.3 Å². The van der Waals surface area contributed by atoms with Crippen LogP contribution < -0.4 is 10.6 Å². The third-order valence-electron chi connectivity index (χ3n) is 3.89. The van der Waals surface area contributed by atoms with Gasteiger partial charge in [-0.15, -0.1) is 0 Å². The van der Waals surface area contributed by atoms with Crippen LogP contribution in [0.2, 0.25) is 0 Å². The molecule has 1 aliphatic rings. The van der Waals surface area contributed by atoms with E-state index >= 15 is 0 Å². The molecule has 1 aromatic heterocycles. The van der Waals surface area contributed by atoms with Crippen molar-refractivity contribution in [2.75, 3.05) is 18.5 Å². The summed E-state index contributed by atoms with van der Waals surface area (Å²) >= 11 is 0. The van der Waals surface area contributed by atoms with Gasteiger partial charge >= 0.3 is 6.03 Å². The van der Waals surface area contributed by atoms with Crippen LogP contribution in [-0.2, 0) is 11.3 Å². The summed E-state index contributed by atoms with van der Waals surface area (Å²) in [7, 11) is 0. The summed E-state index contributed by atoms with van der Waals surface area (Å²) in [6.07, 6.45) is 4.25. The molecule has 2 aromatic rings. The van der Waals surface area contributed by atoms with Crippen LogP contribution in [0.1, 0.15) is 19.8 Å². The van der Waals surface area contributed by atoms with Gasteiger partial charge in [0, 0.05) is 31.3 Å². The lowest BCUT2D eigenvalue weighted by Gasteiger charge is -2.11. The Morgan fingerprint density at radius 1 is 1.43 bits per heavy atom. The number of anilines is 1. The Hall–Kier alpha value is -2.01. The zero-order valence-electron chi connectivity index (χ0n) is 12.3. The highest BCUT2D eigenvalue weighted by Crippen LogP contribution is 2.25. The average molecular weight is 287 g/mol. The Labute approximate surface area is 124 Å². The maximum absolute atomic E-state index is 12.0. The summed E-state index contributed by atoms with van der Waals surface area (Å²) < 4.78 is 7.63. The predicted molar refractivity (Wildman–Crippen MR) is 83.6 cm³/mol. The third kappa shape index (κ3) is 3.03. The van der Waals surface area contributed by atoms with Crippen LogP contribution in [0.15, 0.2) is 30.5 Å². The van der Waals surface area contributed by atoms with Gasteiger partial charge in [-0.3, -0.25) is 0 Å². The largest absolute Gasteiger partial charge is 0.376 e. The van der Waals surface area contributed by atoms with Crippen molar-refractivity contribution in [3.05, 3.63) is 30.5 Å². The topological polar surface area (TPSA) is 55.3 Å². The summed E-state index contributed by atoms with van der Waals surface area (Å²) in [4.78, 5) is 12.0. The van der Waals surface area contributed by atoms with Crippen LogP contribution in [0.5, 0.6) is 0 Å². The lowest BCUT2D eigenvalue weighted by atomic mass is 10.2. The summed E-state index contributed by atoms with van der Waals surface area (Å²) in [5, 5.41) is 6.88. The van der Waals surface area contributed by atoms with Crippen molar-refractivity contribution in [1.29, 1.82) is 0 Å². The number of fused-ring (bicyclic) bond motifs is 1. The van der Waals surface area contributed by atoms with E-state index in [1.54, 1.807) is 0 Å². The van der Waals surface area contributed by atoms with E-state index in [0.717, 1.165) is 42.6 Å². The fraction of sp³-hybridized carbons (Fsp3) is 0.438. The van der Waals surface area contributed by atoms with Gasteiger partial charge in [-0.1, -0.05) is 18.2 Å². The van der Waals surface area contributed by atoms with Gasteiger partial charge < -0.3 is 19.9 Å². The normalized spacial score (nSPS) is 18.0. The molecule has 5 heteroatoms. The molecule has 2 heterocycles. The lowest BCUT2D eigenvalue weighted by molar-refractivity contribution is 0.112. The number of carbonyl (C=O) groups excluding carboxylic acids is 1. The quantitative estimate of drug-likeness (QED) is 0.908. The predicted octanol–water partition coefficient (Wildman–Crippen LogP) is 2.96. The molecule has 1 atom stereocenters. The Morgan fingerprint density at radius 3 is 3.05 bits per heavy atom. The molecular formula is C16H21N3O2. The molecule has 0 saturated carbocycles. The van der Waals surface area contributed by atoms with E-state index in [4.69, 9.17) is 4.74 Å². The van der Waals surface area contributed by atoms with Crippen molar-refractivity contribution in [2.45, 2.75) is 32.4 Å². The Kier molecular flexibility index (Phi) is 4.10. The highest BCUT2D eigenvalue weighted by atomic mass is 16.5. The van der Waals surface area contributed by atoms with Crippen LogP contribution in [0, 0.1) is 0 Å². The number of benzene rings is 1. The SMILES string of the molecule is CCn1cc(NC(=O)NCC2CCCO2)c2ccccc21. The number of ether oxygens (including phenoxy) is 1. The van der Waals surface area contributed by atoms with Crippen LogP contribution in [0.4, 0.5) is 10.5 Å².